The molecule has 2 aromatic heterocycles. The molecule has 2 aromatic rings. The van der Waals surface area contributed by atoms with Crippen molar-refractivity contribution < 1.29 is 0 Å². The van der Waals surface area contributed by atoms with E-state index in [1.165, 1.54) is 0 Å². The Morgan fingerprint density at radius 2 is 2.22 bits per heavy atom. The molecule has 0 spiro atoms. The average molecular weight is 247 g/mol. The van der Waals surface area contributed by atoms with Crippen LogP contribution >= 0.6 is 0 Å². The van der Waals surface area contributed by atoms with Crippen LogP contribution in [0.2, 0.25) is 0 Å². The van der Waals surface area contributed by atoms with Crippen LogP contribution in [0.15, 0.2) is 30.9 Å². The van der Waals surface area contributed by atoms with E-state index < -0.39 is 0 Å². The van der Waals surface area contributed by atoms with Crippen molar-refractivity contribution in [3.8, 4) is 0 Å². The van der Waals surface area contributed by atoms with E-state index in [1.807, 2.05) is 35.5 Å². The van der Waals surface area contributed by atoms with Crippen LogP contribution in [0.25, 0.3) is 0 Å². The van der Waals surface area contributed by atoms with Crippen LogP contribution in [0.5, 0.6) is 0 Å². The molecule has 5 heteroatoms. The first-order valence-electron chi connectivity index (χ1n) is 6.50. The lowest BCUT2D eigenvalue weighted by Gasteiger charge is -2.16. The minimum atomic E-state index is 0.431. The summed E-state index contributed by atoms with van der Waals surface area (Å²) in [5.74, 6) is 1.15. The lowest BCUT2D eigenvalue weighted by atomic mass is 10.3. The van der Waals surface area contributed by atoms with Gasteiger partial charge in [-0.15, -0.1) is 0 Å². The molecule has 0 amide bonds. The number of rotatable bonds is 7. The highest BCUT2D eigenvalue weighted by Gasteiger charge is 2.05. The Bertz CT molecular complexity index is 446. The summed E-state index contributed by atoms with van der Waals surface area (Å²) in [6.45, 7) is 7.13. The first kappa shape index (κ1) is 12.8. The summed E-state index contributed by atoms with van der Waals surface area (Å²) in [5, 5.41) is 7.68. The van der Waals surface area contributed by atoms with Crippen LogP contribution in [0.1, 0.15) is 19.7 Å². The molecule has 98 valence electrons. The van der Waals surface area contributed by atoms with E-state index in [1.54, 1.807) is 0 Å². The van der Waals surface area contributed by atoms with Gasteiger partial charge in [0.05, 0.1) is 6.54 Å². The fourth-order valence-corrected chi connectivity index (χ4v) is 2.04. The van der Waals surface area contributed by atoms with Crippen LogP contribution in [-0.4, -0.2) is 31.9 Å². The molecule has 0 saturated carbocycles. The second kappa shape index (κ2) is 6.35. The quantitative estimate of drug-likeness (QED) is 0.802. The number of nitrogens with one attached hydrogen (secondary N) is 1. The number of aryl methyl sites for hydroxylation is 1. The molecule has 1 atom stereocenters. The normalized spacial score (nSPS) is 12.8. The van der Waals surface area contributed by atoms with Gasteiger partial charge in [-0.25, -0.2) is 4.98 Å². The molecule has 2 rings (SSSR count). The van der Waals surface area contributed by atoms with Gasteiger partial charge in [0.2, 0.25) is 0 Å². The number of aromatic nitrogens is 4. The van der Waals surface area contributed by atoms with E-state index in [-0.39, 0.29) is 0 Å². The van der Waals surface area contributed by atoms with E-state index in [0.29, 0.717) is 6.04 Å². The summed E-state index contributed by atoms with van der Waals surface area (Å²) in [7, 11) is 0. The van der Waals surface area contributed by atoms with Crippen molar-refractivity contribution in [3.63, 3.8) is 0 Å². The molecule has 1 unspecified atom stereocenters. The third-order valence-corrected chi connectivity index (χ3v) is 2.98. The van der Waals surface area contributed by atoms with Gasteiger partial charge in [0.25, 0.3) is 0 Å². The molecule has 1 N–H and O–H groups in total. The molecule has 0 aliphatic carbocycles. The summed E-state index contributed by atoms with van der Waals surface area (Å²) < 4.78 is 4.15. The number of hydrogen-bond acceptors (Lipinski definition) is 3. The molecule has 18 heavy (non-hydrogen) atoms. The highest BCUT2D eigenvalue weighted by Crippen LogP contribution is 2.00. The lowest BCUT2D eigenvalue weighted by molar-refractivity contribution is 0.445. The van der Waals surface area contributed by atoms with Crippen LogP contribution < -0.4 is 5.32 Å². The third-order valence-electron chi connectivity index (χ3n) is 2.98. The minimum absolute atomic E-state index is 0.431. The standard InChI is InChI=1S/C13H21N5/c1-3-13-15-6-9-17(13)11-12(2)14-7-10-18-8-4-5-16-18/h4-6,8-9,12,14H,3,7,10-11H2,1-2H3. The average Bonchev–Trinajstić information content (AvgIpc) is 3.00. The lowest BCUT2D eigenvalue weighted by Crippen LogP contribution is -2.33. The monoisotopic (exact) mass is 247 g/mol. The molecule has 0 fully saturated rings. The zero-order valence-electron chi connectivity index (χ0n) is 11.1. The van der Waals surface area contributed by atoms with Crippen molar-refractivity contribution in [2.45, 2.75) is 39.4 Å². The van der Waals surface area contributed by atoms with E-state index in [9.17, 15) is 0 Å². The predicted molar refractivity (Wildman–Crippen MR) is 71.3 cm³/mol. The summed E-state index contributed by atoms with van der Waals surface area (Å²) in [6.07, 6.45) is 8.69. The SMILES string of the molecule is CCc1nccn1CC(C)NCCn1cccn1. The highest BCUT2D eigenvalue weighted by atomic mass is 15.3. The maximum absolute atomic E-state index is 4.33. The van der Waals surface area contributed by atoms with Crippen LogP contribution in [0, 0.1) is 0 Å². The maximum atomic E-state index is 4.33. The molecule has 0 aliphatic rings. The fourth-order valence-electron chi connectivity index (χ4n) is 2.04. The second-order valence-corrected chi connectivity index (χ2v) is 4.47. The Kier molecular flexibility index (Phi) is 4.52. The molecular formula is C13H21N5. The molecule has 0 saturated heterocycles. The first-order chi connectivity index (χ1) is 8.79. The van der Waals surface area contributed by atoms with Gasteiger partial charge in [-0.2, -0.15) is 5.10 Å². The summed E-state index contributed by atoms with van der Waals surface area (Å²) in [6, 6.07) is 2.38. The Hall–Kier alpha value is -1.62. The molecule has 0 aromatic carbocycles. The Morgan fingerprint density at radius 1 is 1.33 bits per heavy atom. The number of hydrogen-bond donors (Lipinski definition) is 1. The smallest absolute Gasteiger partial charge is 0.108 e. The van der Waals surface area contributed by atoms with Crippen molar-refractivity contribution in [1.82, 2.24) is 24.6 Å². The molecule has 0 aliphatic heterocycles. The van der Waals surface area contributed by atoms with Crippen molar-refractivity contribution in [1.29, 1.82) is 0 Å². The zero-order chi connectivity index (χ0) is 12.8. The summed E-state index contributed by atoms with van der Waals surface area (Å²) in [4.78, 5) is 4.33. The van der Waals surface area contributed by atoms with Gasteiger partial charge < -0.3 is 9.88 Å². The van der Waals surface area contributed by atoms with Crippen LogP contribution in [-0.2, 0) is 19.5 Å². The van der Waals surface area contributed by atoms with Gasteiger partial charge in [0.15, 0.2) is 0 Å². The van der Waals surface area contributed by atoms with Gasteiger partial charge in [0.1, 0.15) is 5.82 Å². The third kappa shape index (κ3) is 3.43. The van der Waals surface area contributed by atoms with Crippen molar-refractivity contribution in [2.24, 2.45) is 0 Å². The Morgan fingerprint density at radius 3 is 2.94 bits per heavy atom. The van der Waals surface area contributed by atoms with Gasteiger partial charge in [-0.1, -0.05) is 6.92 Å². The first-order valence-corrected chi connectivity index (χ1v) is 6.50. The number of imidazole rings is 1. The van der Waals surface area contributed by atoms with E-state index >= 15 is 0 Å². The second-order valence-electron chi connectivity index (χ2n) is 4.47. The molecule has 5 nitrogen and oxygen atoms in total. The van der Waals surface area contributed by atoms with E-state index in [0.717, 1.165) is 31.9 Å². The highest BCUT2D eigenvalue weighted by molar-refractivity contribution is 4.92. The van der Waals surface area contributed by atoms with Crippen LogP contribution in [0.3, 0.4) is 0 Å². The Labute approximate surface area is 108 Å². The minimum Gasteiger partial charge on any atom is -0.333 e. The zero-order valence-corrected chi connectivity index (χ0v) is 11.1. The van der Waals surface area contributed by atoms with Crippen LogP contribution in [0.4, 0.5) is 0 Å². The van der Waals surface area contributed by atoms with Gasteiger partial charge in [-0.3, -0.25) is 4.68 Å². The van der Waals surface area contributed by atoms with Gasteiger partial charge >= 0.3 is 0 Å². The predicted octanol–water partition coefficient (Wildman–Crippen LogP) is 1.32. The summed E-state index contributed by atoms with van der Waals surface area (Å²) in [5.41, 5.74) is 0. The largest absolute Gasteiger partial charge is 0.333 e. The topological polar surface area (TPSA) is 47.7 Å². The van der Waals surface area contributed by atoms with E-state index in [2.05, 4.69) is 33.8 Å². The molecular weight excluding hydrogens is 226 g/mol. The maximum Gasteiger partial charge on any atom is 0.108 e. The number of nitrogens with zero attached hydrogens (tertiary/aromatic N) is 4. The van der Waals surface area contributed by atoms with Crippen molar-refractivity contribution in [3.05, 3.63) is 36.7 Å². The Balaban J connectivity index is 1.73. The van der Waals surface area contributed by atoms with Crippen molar-refractivity contribution in [2.75, 3.05) is 6.54 Å². The summed E-state index contributed by atoms with van der Waals surface area (Å²) >= 11 is 0. The fraction of sp³-hybridized carbons (Fsp3) is 0.538. The van der Waals surface area contributed by atoms with E-state index in [4.69, 9.17) is 0 Å². The van der Waals surface area contributed by atoms with Gasteiger partial charge in [0, 0.05) is 50.3 Å². The molecule has 2 heterocycles. The molecule has 0 bridgehead atoms. The molecule has 0 radical (unpaired) electrons. The van der Waals surface area contributed by atoms with Gasteiger partial charge in [-0.05, 0) is 13.0 Å². The van der Waals surface area contributed by atoms with Crippen molar-refractivity contribution >= 4 is 0 Å².